The second kappa shape index (κ2) is 8.46. The third kappa shape index (κ3) is 5.22. The lowest BCUT2D eigenvalue weighted by atomic mass is 10.1. The van der Waals surface area contributed by atoms with Crippen molar-refractivity contribution in [3.63, 3.8) is 0 Å². The summed E-state index contributed by atoms with van der Waals surface area (Å²) >= 11 is 0. The van der Waals surface area contributed by atoms with Crippen LogP contribution < -0.4 is 5.32 Å². The molecule has 0 saturated carbocycles. The zero-order valence-corrected chi connectivity index (χ0v) is 12.5. The zero-order chi connectivity index (χ0) is 15.8. The minimum atomic E-state index is -0.975. The van der Waals surface area contributed by atoms with Gasteiger partial charge in [0.05, 0.1) is 25.7 Å². The minimum absolute atomic E-state index is 0.0275. The minimum Gasteiger partial charge on any atom is -0.481 e. The number of nitrogens with zero attached hydrogens (tertiary/aromatic N) is 2. The van der Waals surface area contributed by atoms with Gasteiger partial charge in [0.1, 0.15) is 6.54 Å². The fourth-order valence-electron chi connectivity index (χ4n) is 2.22. The van der Waals surface area contributed by atoms with Crippen molar-refractivity contribution in [3.8, 4) is 0 Å². The maximum atomic E-state index is 12.6. The summed E-state index contributed by atoms with van der Waals surface area (Å²) in [5.74, 6) is -1.23. The Morgan fingerprint density at radius 1 is 1.43 bits per heavy atom. The zero-order valence-electron chi connectivity index (χ0n) is 12.5. The van der Waals surface area contributed by atoms with E-state index in [2.05, 4.69) is 5.32 Å². The van der Waals surface area contributed by atoms with Crippen LogP contribution in [0.3, 0.4) is 0 Å². The fourth-order valence-corrected chi connectivity index (χ4v) is 2.22. The predicted octanol–water partition coefficient (Wildman–Crippen LogP) is -0.260. The van der Waals surface area contributed by atoms with Gasteiger partial charge in [0.2, 0.25) is 5.91 Å². The summed E-state index contributed by atoms with van der Waals surface area (Å²) in [6.45, 7) is 3.26. The molecular formula is C13H23N3O5. The Hall–Kier alpha value is -1.83. The number of hydrogen-bond donors (Lipinski definition) is 2. The number of carboxylic acids is 1. The maximum Gasteiger partial charge on any atom is 0.320 e. The smallest absolute Gasteiger partial charge is 0.320 e. The van der Waals surface area contributed by atoms with Crippen molar-refractivity contribution in [2.75, 3.05) is 39.9 Å². The van der Waals surface area contributed by atoms with Crippen LogP contribution in [0.5, 0.6) is 0 Å². The third-order valence-electron chi connectivity index (χ3n) is 3.26. The fraction of sp³-hybridized carbons (Fsp3) is 0.769. The molecule has 8 nitrogen and oxygen atoms in total. The molecule has 3 amide bonds. The predicted molar refractivity (Wildman–Crippen MR) is 74.9 cm³/mol. The molecule has 0 aromatic heterocycles. The van der Waals surface area contributed by atoms with E-state index in [1.165, 1.54) is 16.8 Å². The molecule has 0 spiro atoms. The summed E-state index contributed by atoms with van der Waals surface area (Å²) in [6.07, 6.45) is 0.558. The number of hydrogen-bond acceptors (Lipinski definition) is 4. The Bertz CT molecular complexity index is 388. The molecule has 1 fully saturated rings. The average molecular weight is 301 g/mol. The first-order valence-electron chi connectivity index (χ1n) is 7.05. The number of carbonyl (C=O) groups is 3. The lowest BCUT2D eigenvalue weighted by molar-refractivity contribution is -0.139. The Morgan fingerprint density at radius 2 is 2.14 bits per heavy atom. The van der Waals surface area contributed by atoms with Gasteiger partial charge in [-0.3, -0.25) is 9.59 Å². The standard InChI is InChI=1S/C13H23N3O5/c1-3-4-15(8-11(17)14-2)13(20)16-5-6-21-9-10(16)7-12(18)19/h10H,3-9H2,1-2H3,(H,14,17)(H,18,19). The summed E-state index contributed by atoms with van der Waals surface area (Å²) in [6, 6.07) is -0.803. The summed E-state index contributed by atoms with van der Waals surface area (Å²) < 4.78 is 5.25. The highest BCUT2D eigenvalue weighted by Crippen LogP contribution is 2.14. The molecule has 1 aliphatic rings. The number of carbonyl (C=O) groups excluding carboxylic acids is 2. The highest BCUT2D eigenvalue weighted by atomic mass is 16.5. The quantitative estimate of drug-likeness (QED) is 0.704. The number of likely N-dealkylation sites (N-methyl/N-ethyl adjacent to an activating group) is 1. The van der Waals surface area contributed by atoms with Gasteiger partial charge in [-0.2, -0.15) is 0 Å². The summed E-state index contributed by atoms with van der Waals surface area (Å²) in [7, 11) is 1.51. The van der Waals surface area contributed by atoms with Gasteiger partial charge < -0.3 is 25.0 Å². The first-order chi connectivity index (χ1) is 9.99. The normalized spacial score (nSPS) is 18.2. The van der Waals surface area contributed by atoms with Crippen LogP contribution in [0, 0.1) is 0 Å². The van der Waals surface area contributed by atoms with Gasteiger partial charge in [0.25, 0.3) is 0 Å². The second-order valence-electron chi connectivity index (χ2n) is 4.90. The molecule has 0 radical (unpaired) electrons. The number of amides is 3. The van der Waals surface area contributed by atoms with Crippen molar-refractivity contribution >= 4 is 17.9 Å². The van der Waals surface area contributed by atoms with Crippen molar-refractivity contribution in [2.24, 2.45) is 0 Å². The van der Waals surface area contributed by atoms with Gasteiger partial charge in [-0.05, 0) is 6.42 Å². The lowest BCUT2D eigenvalue weighted by Gasteiger charge is -2.38. The molecule has 1 unspecified atom stereocenters. The van der Waals surface area contributed by atoms with Crippen molar-refractivity contribution in [2.45, 2.75) is 25.8 Å². The molecule has 1 saturated heterocycles. The van der Waals surface area contributed by atoms with Gasteiger partial charge in [0.15, 0.2) is 0 Å². The molecule has 2 N–H and O–H groups in total. The monoisotopic (exact) mass is 301 g/mol. The Labute approximate surface area is 124 Å². The van der Waals surface area contributed by atoms with E-state index in [0.717, 1.165) is 6.42 Å². The van der Waals surface area contributed by atoms with E-state index >= 15 is 0 Å². The molecule has 0 aliphatic carbocycles. The number of urea groups is 1. The first kappa shape index (κ1) is 17.2. The molecule has 1 rings (SSSR count). The molecule has 1 heterocycles. The van der Waals surface area contributed by atoms with Gasteiger partial charge in [0, 0.05) is 20.1 Å². The second-order valence-corrected chi connectivity index (χ2v) is 4.90. The van der Waals surface area contributed by atoms with Gasteiger partial charge >= 0.3 is 12.0 Å². The Kier molecular flexibility index (Phi) is 6.93. The molecular weight excluding hydrogens is 278 g/mol. The number of rotatable bonds is 6. The van der Waals surface area contributed by atoms with Crippen molar-refractivity contribution < 1.29 is 24.2 Å². The number of aliphatic carboxylic acids is 1. The number of nitrogens with one attached hydrogen (secondary N) is 1. The summed E-state index contributed by atoms with van der Waals surface area (Å²) in [5, 5.41) is 11.4. The molecule has 120 valence electrons. The molecule has 0 aromatic carbocycles. The molecule has 8 heteroatoms. The van der Waals surface area contributed by atoms with E-state index < -0.39 is 12.0 Å². The highest BCUT2D eigenvalue weighted by molar-refractivity contribution is 5.84. The first-order valence-corrected chi connectivity index (χ1v) is 7.05. The Balaban J connectivity index is 2.78. The van der Waals surface area contributed by atoms with Crippen LogP contribution in [0.2, 0.25) is 0 Å². The van der Waals surface area contributed by atoms with Crippen molar-refractivity contribution in [3.05, 3.63) is 0 Å². The highest BCUT2D eigenvalue weighted by Gasteiger charge is 2.32. The van der Waals surface area contributed by atoms with Crippen LogP contribution in [0.15, 0.2) is 0 Å². The van der Waals surface area contributed by atoms with Gasteiger partial charge in [-0.1, -0.05) is 6.92 Å². The van der Waals surface area contributed by atoms with Crippen molar-refractivity contribution in [1.82, 2.24) is 15.1 Å². The molecule has 0 bridgehead atoms. The number of carboxylic acid groups (broad SMARTS) is 1. The number of ether oxygens (including phenoxy) is 1. The van der Waals surface area contributed by atoms with Crippen molar-refractivity contribution in [1.29, 1.82) is 0 Å². The van der Waals surface area contributed by atoms with E-state index in [-0.39, 0.29) is 31.5 Å². The van der Waals surface area contributed by atoms with Crippen LogP contribution in [0.4, 0.5) is 4.79 Å². The lowest BCUT2D eigenvalue weighted by Crippen LogP contribution is -2.55. The topological polar surface area (TPSA) is 99.2 Å². The maximum absolute atomic E-state index is 12.6. The van der Waals surface area contributed by atoms with Crippen LogP contribution in [0.1, 0.15) is 19.8 Å². The molecule has 1 aliphatic heterocycles. The SMILES string of the molecule is CCCN(CC(=O)NC)C(=O)N1CCOCC1CC(=O)O. The largest absolute Gasteiger partial charge is 0.481 e. The third-order valence-corrected chi connectivity index (χ3v) is 3.26. The number of morpholine rings is 1. The van der Waals surface area contributed by atoms with E-state index in [1.807, 2.05) is 6.92 Å². The van der Waals surface area contributed by atoms with Crippen LogP contribution in [-0.2, 0) is 14.3 Å². The summed E-state index contributed by atoms with van der Waals surface area (Å²) in [5.41, 5.74) is 0. The van der Waals surface area contributed by atoms with Gasteiger partial charge in [-0.25, -0.2) is 4.79 Å². The van der Waals surface area contributed by atoms with E-state index in [1.54, 1.807) is 0 Å². The van der Waals surface area contributed by atoms with Crippen LogP contribution in [-0.4, -0.2) is 78.8 Å². The average Bonchev–Trinajstić information content (AvgIpc) is 2.46. The molecule has 0 aromatic rings. The molecule has 21 heavy (non-hydrogen) atoms. The summed E-state index contributed by atoms with van der Waals surface area (Å²) in [4.78, 5) is 37.9. The van der Waals surface area contributed by atoms with Crippen LogP contribution in [0.25, 0.3) is 0 Å². The van der Waals surface area contributed by atoms with Gasteiger partial charge in [-0.15, -0.1) is 0 Å². The van der Waals surface area contributed by atoms with E-state index in [9.17, 15) is 14.4 Å². The van der Waals surface area contributed by atoms with E-state index in [0.29, 0.717) is 19.7 Å². The van der Waals surface area contributed by atoms with Crippen LogP contribution >= 0.6 is 0 Å². The Morgan fingerprint density at radius 3 is 2.71 bits per heavy atom. The van der Waals surface area contributed by atoms with E-state index in [4.69, 9.17) is 9.84 Å². The molecule has 1 atom stereocenters.